The van der Waals surface area contributed by atoms with Gasteiger partial charge in [0.1, 0.15) is 11.9 Å². The van der Waals surface area contributed by atoms with Crippen molar-refractivity contribution < 1.29 is 14.0 Å². The van der Waals surface area contributed by atoms with E-state index >= 15 is 0 Å². The molecular weight excluding hydrogens is 419 g/mol. The van der Waals surface area contributed by atoms with Gasteiger partial charge in [-0.1, -0.05) is 22.0 Å². The van der Waals surface area contributed by atoms with Crippen LogP contribution in [0, 0.1) is 5.82 Å². The first-order chi connectivity index (χ1) is 12.5. The van der Waals surface area contributed by atoms with Crippen molar-refractivity contribution in [1.29, 1.82) is 0 Å². The monoisotopic (exact) mass is 438 g/mol. The maximum Gasteiger partial charge on any atom is 0.245 e. The minimum Gasteiger partial charge on any atom is -0.340 e. The summed E-state index contributed by atoms with van der Waals surface area (Å²) in [4.78, 5) is 29.6. The maximum atomic E-state index is 14.0. The van der Waals surface area contributed by atoms with E-state index < -0.39 is 6.04 Å². The minimum absolute atomic E-state index is 0.0228. The minimum atomic E-state index is -0.456. The number of likely N-dealkylation sites (tertiary alicyclic amines) is 1. The van der Waals surface area contributed by atoms with E-state index in [2.05, 4.69) is 15.9 Å². The zero-order valence-corrected chi connectivity index (χ0v) is 16.9. The number of thiophene rings is 1. The molecule has 1 atom stereocenters. The number of likely N-dealkylation sites (N-methyl/N-ethyl adjacent to an activating group) is 1. The molecule has 0 N–H and O–H groups in total. The van der Waals surface area contributed by atoms with Crippen LogP contribution >= 0.6 is 27.3 Å². The Labute approximate surface area is 164 Å². The van der Waals surface area contributed by atoms with Crippen LogP contribution in [0.25, 0.3) is 0 Å². The molecule has 26 heavy (non-hydrogen) atoms. The summed E-state index contributed by atoms with van der Waals surface area (Å²) in [5, 5.41) is 1.94. The Morgan fingerprint density at radius 2 is 2.19 bits per heavy atom. The summed E-state index contributed by atoms with van der Waals surface area (Å²) in [5.41, 5.74) is 0.449. The second-order valence-corrected chi connectivity index (χ2v) is 8.38. The van der Waals surface area contributed by atoms with E-state index in [4.69, 9.17) is 0 Å². The van der Waals surface area contributed by atoms with Crippen molar-refractivity contribution in [3.05, 3.63) is 56.4 Å². The van der Waals surface area contributed by atoms with E-state index in [1.54, 1.807) is 35.4 Å². The molecule has 7 heteroatoms. The highest BCUT2D eigenvalue weighted by Crippen LogP contribution is 2.23. The van der Waals surface area contributed by atoms with Gasteiger partial charge in [0.2, 0.25) is 11.8 Å². The smallest absolute Gasteiger partial charge is 0.245 e. The molecule has 1 aromatic heterocycles. The van der Waals surface area contributed by atoms with E-state index in [1.807, 2.05) is 17.5 Å². The number of hydrogen-bond donors (Lipinski definition) is 0. The van der Waals surface area contributed by atoms with Gasteiger partial charge in [0.05, 0.1) is 6.42 Å². The molecule has 1 aliphatic heterocycles. The van der Waals surface area contributed by atoms with Gasteiger partial charge in [0.25, 0.3) is 0 Å². The quantitative estimate of drug-likeness (QED) is 0.711. The number of benzene rings is 1. The highest BCUT2D eigenvalue weighted by atomic mass is 79.9. The van der Waals surface area contributed by atoms with Gasteiger partial charge in [0.15, 0.2) is 0 Å². The second-order valence-electron chi connectivity index (χ2n) is 6.43. The predicted octanol–water partition coefficient (Wildman–Crippen LogP) is 3.84. The second kappa shape index (κ2) is 8.31. The predicted molar refractivity (Wildman–Crippen MR) is 103 cm³/mol. The van der Waals surface area contributed by atoms with E-state index in [1.165, 1.54) is 11.0 Å². The number of carbonyl (C=O) groups excluding carboxylic acids is 2. The highest BCUT2D eigenvalue weighted by Gasteiger charge is 2.35. The first-order valence-electron chi connectivity index (χ1n) is 8.46. The first kappa shape index (κ1) is 19.0. The molecule has 1 unspecified atom stereocenters. The van der Waals surface area contributed by atoms with Crippen molar-refractivity contribution in [2.75, 3.05) is 13.6 Å². The SMILES string of the molecule is CN(Cc1cc(Br)ccc1F)C(=O)C1CCCN1C(=O)Cc1cccs1. The molecule has 0 bridgehead atoms. The van der Waals surface area contributed by atoms with Crippen molar-refractivity contribution in [2.45, 2.75) is 31.8 Å². The Kier molecular flexibility index (Phi) is 6.09. The van der Waals surface area contributed by atoms with Gasteiger partial charge >= 0.3 is 0 Å². The van der Waals surface area contributed by atoms with Crippen molar-refractivity contribution >= 4 is 39.1 Å². The van der Waals surface area contributed by atoms with Crippen LogP contribution in [-0.4, -0.2) is 41.2 Å². The molecule has 1 aliphatic rings. The van der Waals surface area contributed by atoms with Crippen LogP contribution < -0.4 is 0 Å². The van der Waals surface area contributed by atoms with Crippen LogP contribution in [0.2, 0.25) is 0 Å². The molecule has 138 valence electrons. The molecule has 2 aromatic rings. The van der Waals surface area contributed by atoms with Crippen LogP contribution in [0.5, 0.6) is 0 Å². The van der Waals surface area contributed by atoms with Crippen LogP contribution in [0.1, 0.15) is 23.3 Å². The Morgan fingerprint density at radius 3 is 2.92 bits per heavy atom. The Hall–Kier alpha value is -1.73. The van der Waals surface area contributed by atoms with Gasteiger partial charge in [-0.15, -0.1) is 11.3 Å². The molecule has 2 heterocycles. The summed E-state index contributed by atoms with van der Waals surface area (Å²) in [7, 11) is 1.66. The summed E-state index contributed by atoms with van der Waals surface area (Å²) >= 11 is 4.87. The van der Waals surface area contributed by atoms with Crippen molar-refractivity contribution in [3.8, 4) is 0 Å². The third kappa shape index (κ3) is 4.32. The van der Waals surface area contributed by atoms with Crippen molar-refractivity contribution in [2.24, 2.45) is 0 Å². The molecule has 0 spiro atoms. The molecule has 3 rings (SSSR count). The average molecular weight is 439 g/mol. The third-order valence-electron chi connectivity index (χ3n) is 4.56. The summed E-state index contributed by atoms with van der Waals surface area (Å²) in [6.07, 6.45) is 1.79. The lowest BCUT2D eigenvalue weighted by molar-refractivity contribution is -0.143. The summed E-state index contributed by atoms with van der Waals surface area (Å²) in [5.74, 6) is -0.503. The summed E-state index contributed by atoms with van der Waals surface area (Å²) in [6.45, 7) is 0.771. The van der Waals surface area contributed by atoms with E-state index in [0.29, 0.717) is 24.9 Å². The van der Waals surface area contributed by atoms with Crippen LogP contribution in [-0.2, 0) is 22.6 Å². The van der Waals surface area contributed by atoms with Crippen LogP contribution in [0.15, 0.2) is 40.2 Å². The van der Waals surface area contributed by atoms with E-state index in [9.17, 15) is 14.0 Å². The summed E-state index contributed by atoms with van der Waals surface area (Å²) in [6, 6.07) is 8.07. The molecule has 1 aromatic carbocycles. The lowest BCUT2D eigenvalue weighted by atomic mass is 10.1. The van der Waals surface area contributed by atoms with Gasteiger partial charge in [0, 0.05) is 35.1 Å². The van der Waals surface area contributed by atoms with Crippen molar-refractivity contribution in [3.63, 3.8) is 0 Å². The third-order valence-corrected chi connectivity index (χ3v) is 5.92. The zero-order chi connectivity index (χ0) is 18.7. The Morgan fingerprint density at radius 1 is 1.38 bits per heavy atom. The zero-order valence-electron chi connectivity index (χ0n) is 14.5. The number of halogens is 2. The van der Waals surface area contributed by atoms with Gasteiger partial charge in [-0.25, -0.2) is 4.39 Å². The van der Waals surface area contributed by atoms with E-state index in [0.717, 1.165) is 15.8 Å². The molecule has 4 nitrogen and oxygen atoms in total. The number of nitrogens with zero attached hydrogens (tertiary/aromatic N) is 2. The normalized spacial score (nSPS) is 16.7. The van der Waals surface area contributed by atoms with Gasteiger partial charge in [-0.3, -0.25) is 9.59 Å². The fourth-order valence-electron chi connectivity index (χ4n) is 3.24. The number of rotatable bonds is 5. The first-order valence-corrected chi connectivity index (χ1v) is 10.1. The maximum absolute atomic E-state index is 14.0. The van der Waals surface area contributed by atoms with Gasteiger partial charge in [-0.05, 0) is 42.5 Å². The Bertz CT molecular complexity index is 797. The average Bonchev–Trinajstić information content (AvgIpc) is 3.28. The molecule has 0 radical (unpaired) electrons. The van der Waals surface area contributed by atoms with Gasteiger partial charge < -0.3 is 9.80 Å². The molecular formula is C19H20BrFN2O2S. The largest absolute Gasteiger partial charge is 0.340 e. The topological polar surface area (TPSA) is 40.6 Å². The van der Waals surface area contributed by atoms with Crippen LogP contribution in [0.3, 0.4) is 0 Å². The number of hydrogen-bond acceptors (Lipinski definition) is 3. The molecule has 2 amide bonds. The molecule has 1 saturated heterocycles. The molecule has 0 aliphatic carbocycles. The lowest BCUT2D eigenvalue weighted by Crippen LogP contribution is -2.46. The van der Waals surface area contributed by atoms with Gasteiger partial charge in [-0.2, -0.15) is 0 Å². The van der Waals surface area contributed by atoms with Crippen molar-refractivity contribution in [1.82, 2.24) is 9.80 Å². The standard InChI is InChI=1S/C19H20BrFN2O2S/c1-22(12-13-10-14(20)6-7-16(13)21)19(25)17-5-2-8-23(17)18(24)11-15-4-3-9-26-15/h3-4,6-7,9-10,17H,2,5,8,11-12H2,1H3. The Balaban J connectivity index is 1.67. The fourth-order valence-corrected chi connectivity index (χ4v) is 4.34. The molecule has 0 saturated carbocycles. The number of carbonyl (C=O) groups is 2. The fraction of sp³-hybridized carbons (Fsp3) is 0.368. The van der Waals surface area contributed by atoms with E-state index in [-0.39, 0.29) is 24.2 Å². The number of amides is 2. The molecule has 1 fully saturated rings. The summed E-state index contributed by atoms with van der Waals surface area (Å²) < 4.78 is 14.7. The lowest BCUT2D eigenvalue weighted by Gasteiger charge is -2.28. The highest BCUT2D eigenvalue weighted by molar-refractivity contribution is 9.10. The van der Waals surface area contributed by atoms with Crippen LogP contribution in [0.4, 0.5) is 4.39 Å².